The largest absolute Gasteiger partial charge is 0.330 e. The van der Waals surface area contributed by atoms with Crippen LogP contribution in [0.15, 0.2) is 0 Å². The monoisotopic (exact) mass is 287 g/mol. The van der Waals surface area contributed by atoms with Crippen LogP contribution in [0.25, 0.3) is 0 Å². The Labute approximate surface area is 118 Å². The zero-order valence-electron chi connectivity index (χ0n) is 12.2. The SMILES string of the molecule is CCC1CCC(CN)C(S(=O)(=O)CC2CCCC2)C1. The van der Waals surface area contributed by atoms with Gasteiger partial charge in [0.05, 0.1) is 11.0 Å². The fourth-order valence-corrected chi connectivity index (χ4v) is 6.62. The molecule has 3 unspecified atom stereocenters. The van der Waals surface area contributed by atoms with Crippen molar-refractivity contribution in [1.82, 2.24) is 0 Å². The summed E-state index contributed by atoms with van der Waals surface area (Å²) in [5.74, 6) is 1.63. The summed E-state index contributed by atoms with van der Waals surface area (Å²) in [4.78, 5) is 0. The zero-order valence-corrected chi connectivity index (χ0v) is 13.0. The molecule has 2 saturated carbocycles. The van der Waals surface area contributed by atoms with Gasteiger partial charge >= 0.3 is 0 Å². The molecular formula is C15H29NO2S. The minimum atomic E-state index is -2.95. The van der Waals surface area contributed by atoms with Gasteiger partial charge in [-0.3, -0.25) is 0 Å². The Morgan fingerprint density at radius 2 is 1.74 bits per heavy atom. The first-order valence-corrected chi connectivity index (χ1v) is 9.70. The molecular weight excluding hydrogens is 258 g/mol. The smallest absolute Gasteiger partial charge is 0.153 e. The molecule has 2 aliphatic carbocycles. The molecule has 0 aromatic heterocycles. The van der Waals surface area contributed by atoms with Gasteiger partial charge in [-0.15, -0.1) is 0 Å². The number of hydrogen-bond donors (Lipinski definition) is 1. The molecule has 2 fully saturated rings. The molecule has 2 N–H and O–H groups in total. The lowest BCUT2D eigenvalue weighted by atomic mass is 9.80. The van der Waals surface area contributed by atoms with Gasteiger partial charge in [-0.2, -0.15) is 0 Å². The summed E-state index contributed by atoms with van der Waals surface area (Å²) < 4.78 is 25.4. The van der Waals surface area contributed by atoms with E-state index in [9.17, 15) is 8.42 Å². The number of nitrogens with two attached hydrogens (primary N) is 1. The summed E-state index contributed by atoms with van der Waals surface area (Å²) >= 11 is 0. The standard InChI is InChI=1S/C15H29NO2S/c1-2-12-7-8-14(10-16)15(9-12)19(17,18)11-13-5-3-4-6-13/h12-15H,2-11,16H2,1H3. The molecule has 3 atom stereocenters. The first kappa shape index (κ1) is 15.3. The van der Waals surface area contributed by atoms with Crippen LogP contribution >= 0.6 is 0 Å². The second-order valence-corrected chi connectivity index (χ2v) is 8.87. The van der Waals surface area contributed by atoms with Gasteiger partial charge < -0.3 is 5.73 Å². The van der Waals surface area contributed by atoms with E-state index < -0.39 is 9.84 Å². The molecule has 0 amide bonds. The van der Waals surface area contributed by atoms with Crippen LogP contribution in [0, 0.1) is 17.8 Å². The first-order chi connectivity index (χ1) is 9.06. The molecule has 0 aromatic carbocycles. The van der Waals surface area contributed by atoms with E-state index in [0.717, 1.165) is 38.5 Å². The third-order valence-corrected chi connectivity index (χ3v) is 7.76. The van der Waals surface area contributed by atoms with Crippen molar-refractivity contribution < 1.29 is 8.42 Å². The van der Waals surface area contributed by atoms with Gasteiger partial charge in [0.1, 0.15) is 0 Å². The van der Waals surface area contributed by atoms with Gasteiger partial charge in [0.15, 0.2) is 9.84 Å². The van der Waals surface area contributed by atoms with Crippen molar-refractivity contribution in [2.45, 2.75) is 63.5 Å². The van der Waals surface area contributed by atoms with Crippen LogP contribution in [0.1, 0.15) is 58.3 Å². The van der Waals surface area contributed by atoms with E-state index in [4.69, 9.17) is 5.73 Å². The highest BCUT2D eigenvalue weighted by molar-refractivity contribution is 7.92. The number of rotatable bonds is 5. The molecule has 3 nitrogen and oxygen atoms in total. The van der Waals surface area contributed by atoms with Crippen LogP contribution in [-0.2, 0) is 9.84 Å². The van der Waals surface area contributed by atoms with E-state index in [-0.39, 0.29) is 11.2 Å². The molecule has 0 aliphatic heterocycles. The second-order valence-electron chi connectivity index (χ2n) is 6.60. The molecule has 0 heterocycles. The van der Waals surface area contributed by atoms with Crippen molar-refractivity contribution in [2.24, 2.45) is 23.5 Å². The predicted molar refractivity (Wildman–Crippen MR) is 79.7 cm³/mol. The average Bonchev–Trinajstić information content (AvgIpc) is 2.90. The van der Waals surface area contributed by atoms with Crippen molar-refractivity contribution in [3.8, 4) is 0 Å². The van der Waals surface area contributed by atoms with E-state index in [1.54, 1.807) is 0 Å². The van der Waals surface area contributed by atoms with Crippen molar-refractivity contribution in [2.75, 3.05) is 12.3 Å². The van der Waals surface area contributed by atoms with Gasteiger partial charge in [-0.25, -0.2) is 8.42 Å². The van der Waals surface area contributed by atoms with E-state index in [1.807, 2.05) is 0 Å². The maximum atomic E-state index is 12.7. The molecule has 2 aliphatic rings. The third-order valence-electron chi connectivity index (χ3n) is 5.32. The fourth-order valence-electron chi connectivity index (χ4n) is 3.98. The normalized spacial score (nSPS) is 33.7. The minimum Gasteiger partial charge on any atom is -0.330 e. The molecule has 2 rings (SSSR count). The van der Waals surface area contributed by atoms with Gasteiger partial charge in [-0.1, -0.05) is 32.6 Å². The third kappa shape index (κ3) is 3.72. The summed E-state index contributed by atoms with van der Waals surface area (Å²) in [5.41, 5.74) is 5.82. The highest BCUT2D eigenvalue weighted by Gasteiger charge is 2.39. The molecule has 0 saturated heterocycles. The van der Waals surface area contributed by atoms with E-state index in [0.29, 0.717) is 24.1 Å². The van der Waals surface area contributed by atoms with Crippen LogP contribution in [0.3, 0.4) is 0 Å². The van der Waals surface area contributed by atoms with Gasteiger partial charge in [-0.05, 0) is 50.0 Å². The maximum Gasteiger partial charge on any atom is 0.153 e. The van der Waals surface area contributed by atoms with Gasteiger partial charge in [0.2, 0.25) is 0 Å². The quantitative estimate of drug-likeness (QED) is 0.846. The highest BCUT2D eigenvalue weighted by Crippen LogP contribution is 2.36. The summed E-state index contributed by atoms with van der Waals surface area (Å²) in [7, 11) is -2.95. The van der Waals surface area contributed by atoms with Crippen LogP contribution in [-0.4, -0.2) is 26.0 Å². The maximum absolute atomic E-state index is 12.7. The zero-order chi connectivity index (χ0) is 13.9. The van der Waals surface area contributed by atoms with Gasteiger partial charge in [0, 0.05) is 0 Å². The first-order valence-electron chi connectivity index (χ1n) is 7.98. The average molecular weight is 287 g/mol. The molecule has 19 heavy (non-hydrogen) atoms. The highest BCUT2D eigenvalue weighted by atomic mass is 32.2. The predicted octanol–water partition coefficient (Wildman–Crippen LogP) is 2.75. The van der Waals surface area contributed by atoms with E-state index in [2.05, 4.69) is 6.92 Å². The van der Waals surface area contributed by atoms with Crippen LogP contribution < -0.4 is 5.73 Å². The topological polar surface area (TPSA) is 60.2 Å². The summed E-state index contributed by atoms with van der Waals surface area (Å²) in [6.45, 7) is 2.71. The molecule has 112 valence electrons. The van der Waals surface area contributed by atoms with Crippen LogP contribution in [0.5, 0.6) is 0 Å². The van der Waals surface area contributed by atoms with Crippen molar-refractivity contribution in [1.29, 1.82) is 0 Å². The van der Waals surface area contributed by atoms with Crippen molar-refractivity contribution in [3.05, 3.63) is 0 Å². The molecule has 0 spiro atoms. The molecule has 4 heteroatoms. The summed E-state index contributed by atoms with van der Waals surface area (Å²) in [6.07, 6.45) is 8.76. The Balaban J connectivity index is 2.05. The van der Waals surface area contributed by atoms with Crippen LogP contribution in [0.2, 0.25) is 0 Å². The van der Waals surface area contributed by atoms with E-state index in [1.165, 1.54) is 12.8 Å². The summed E-state index contributed by atoms with van der Waals surface area (Å²) in [6, 6.07) is 0. The van der Waals surface area contributed by atoms with E-state index >= 15 is 0 Å². The van der Waals surface area contributed by atoms with Crippen molar-refractivity contribution in [3.63, 3.8) is 0 Å². The van der Waals surface area contributed by atoms with Gasteiger partial charge in [0.25, 0.3) is 0 Å². The fraction of sp³-hybridized carbons (Fsp3) is 1.00. The number of sulfone groups is 1. The summed E-state index contributed by atoms with van der Waals surface area (Å²) in [5, 5.41) is -0.156. The molecule has 0 bridgehead atoms. The molecule has 0 radical (unpaired) electrons. The Morgan fingerprint density at radius 3 is 2.32 bits per heavy atom. The van der Waals surface area contributed by atoms with Crippen LogP contribution in [0.4, 0.5) is 0 Å². The lowest BCUT2D eigenvalue weighted by molar-refractivity contribution is 0.275. The van der Waals surface area contributed by atoms with Crippen molar-refractivity contribution >= 4 is 9.84 Å². The number of hydrogen-bond acceptors (Lipinski definition) is 3. The Morgan fingerprint density at radius 1 is 1.05 bits per heavy atom. The Kier molecular flexibility index (Phi) is 5.29. The minimum absolute atomic E-state index is 0.156. The Hall–Kier alpha value is -0.0900. The second kappa shape index (κ2) is 6.57. The Bertz CT molecular complexity index is 374. The lowest BCUT2D eigenvalue weighted by Gasteiger charge is -2.35. The molecule has 0 aromatic rings. The lowest BCUT2D eigenvalue weighted by Crippen LogP contribution is -2.41.